The van der Waals surface area contributed by atoms with Gasteiger partial charge >= 0.3 is 0 Å². The van der Waals surface area contributed by atoms with E-state index in [9.17, 15) is 8.42 Å². The number of sulfonamides is 1. The third-order valence-corrected chi connectivity index (χ3v) is 4.48. The Hall–Kier alpha value is -1.27. The van der Waals surface area contributed by atoms with Gasteiger partial charge in [0.2, 0.25) is 10.0 Å². The number of ether oxygens (including phenoxy) is 1. The molecule has 0 saturated heterocycles. The van der Waals surface area contributed by atoms with Crippen molar-refractivity contribution < 1.29 is 13.2 Å². The third-order valence-electron chi connectivity index (χ3n) is 2.93. The van der Waals surface area contributed by atoms with Crippen LogP contribution >= 0.6 is 0 Å². The monoisotopic (exact) mass is 300 g/mol. The molecule has 1 unspecified atom stereocenters. The molecular formula is C14H24N2O3S. The lowest BCUT2D eigenvalue weighted by atomic mass is 10.1. The Labute approximate surface area is 121 Å². The van der Waals surface area contributed by atoms with Crippen LogP contribution < -0.4 is 15.2 Å². The van der Waals surface area contributed by atoms with E-state index in [1.165, 1.54) is 12.1 Å². The van der Waals surface area contributed by atoms with Crippen molar-refractivity contribution in [3.05, 3.63) is 18.2 Å². The Morgan fingerprint density at radius 3 is 2.65 bits per heavy atom. The van der Waals surface area contributed by atoms with Crippen molar-refractivity contribution in [3.63, 3.8) is 0 Å². The Balaban J connectivity index is 2.87. The van der Waals surface area contributed by atoms with Gasteiger partial charge in [-0.25, -0.2) is 13.1 Å². The second kappa shape index (κ2) is 7.50. The third kappa shape index (κ3) is 4.68. The summed E-state index contributed by atoms with van der Waals surface area (Å²) in [5.74, 6) is 0.834. The quantitative estimate of drug-likeness (QED) is 0.722. The number of rotatable bonds is 8. The minimum atomic E-state index is -3.48. The van der Waals surface area contributed by atoms with Crippen molar-refractivity contribution in [3.8, 4) is 5.75 Å². The molecule has 1 rings (SSSR count). The molecule has 0 bridgehead atoms. The van der Waals surface area contributed by atoms with Crippen LogP contribution in [-0.2, 0) is 10.0 Å². The predicted molar refractivity (Wildman–Crippen MR) is 81.3 cm³/mol. The largest absolute Gasteiger partial charge is 0.491 e. The normalized spacial score (nSPS) is 13.2. The highest BCUT2D eigenvalue weighted by Gasteiger charge is 2.15. The number of benzene rings is 1. The van der Waals surface area contributed by atoms with Crippen molar-refractivity contribution in [2.75, 3.05) is 18.9 Å². The minimum absolute atomic E-state index is 0.173. The summed E-state index contributed by atoms with van der Waals surface area (Å²) < 4.78 is 32.0. The highest BCUT2D eigenvalue weighted by Crippen LogP contribution is 2.26. The van der Waals surface area contributed by atoms with Crippen LogP contribution in [0.2, 0.25) is 0 Å². The maximum absolute atomic E-state index is 11.9. The predicted octanol–water partition coefficient (Wildman–Crippen LogP) is 2.38. The van der Waals surface area contributed by atoms with Crippen molar-refractivity contribution >= 4 is 15.7 Å². The Bertz CT molecular complexity index is 529. The lowest BCUT2D eigenvalue weighted by molar-refractivity contribution is 0.252. The van der Waals surface area contributed by atoms with Gasteiger partial charge in [-0.1, -0.05) is 27.2 Å². The van der Waals surface area contributed by atoms with Crippen LogP contribution in [0.1, 0.15) is 33.6 Å². The van der Waals surface area contributed by atoms with Crippen molar-refractivity contribution in [1.82, 2.24) is 4.72 Å². The Kier molecular flexibility index (Phi) is 6.29. The average molecular weight is 300 g/mol. The zero-order valence-electron chi connectivity index (χ0n) is 12.3. The first kappa shape index (κ1) is 16.8. The highest BCUT2D eigenvalue weighted by molar-refractivity contribution is 7.89. The van der Waals surface area contributed by atoms with Gasteiger partial charge in [-0.3, -0.25) is 0 Å². The maximum atomic E-state index is 11.9. The van der Waals surface area contributed by atoms with E-state index in [2.05, 4.69) is 18.6 Å². The van der Waals surface area contributed by atoms with Gasteiger partial charge in [0.15, 0.2) is 0 Å². The summed E-state index contributed by atoms with van der Waals surface area (Å²) in [4.78, 5) is 0.173. The number of hydrogen-bond donors (Lipinski definition) is 2. The van der Waals surface area contributed by atoms with Gasteiger partial charge in [-0.05, 0) is 24.5 Å². The number of nitrogens with one attached hydrogen (secondary N) is 1. The van der Waals surface area contributed by atoms with Crippen molar-refractivity contribution in [2.24, 2.45) is 5.92 Å². The molecule has 0 heterocycles. The van der Waals surface area contributed by atoms with Crippen molar-refractivity contribution in [2.45, 2.75) is 38.5 Å². The van der Waals surface area contributed by atoms with Gasteiger partial charge < -0.3 is 10.5 Å². The zero-order valence-corrected chi connectivity index (χ0v) is 13.2. The van der Waals surface area contributed by atoms with E-state index >= 15 is 0 Å². The zero-order chi connectivity index (χ0) is 15.2. The lowest BCUT2D eigenvalue weighted by Crippen LogP contribution is -2.23. The highest BCUT2D eigenvalue weighted by atomic mass is 32.2. The molecule has 114 valence electrons. The van der Waals surface area contributed by atoms with Crippen LogP contribution in [0.5, 0.6) is 5.75 Å². The first-order chi connectivity index (χ1) is 9.40. The molecular weight excluding hydrogens is 276 g/mol. The van der Waals surface area contributed by atoms with Gasteiger partial charge in [0.25, 0.3) is 0 Å². The molecule has 0 aliphatic rings. The lowest BCUT2D eigenvalue weighted by Gasteiger charge is -2.14. The van der Waals surface area contributed by atoms with E-state index in [-0.39, 0.29) is 4.90 Å². The van der Waals surface area contributed by atoms with Crippen LogP contribution in [0.25, 0.3) is 0 Å². The Morgan fingerprint density at radius 2 is 2.05 bits per heavy atom. The molecule has 0 aliphatic carbocycles. The smallest absolute Gasteiger partial charge is 0.240 e. The molecule has 0 saturated carbocycles. The summed E-state index contributed by atoms with van der Waals surface area (Å²) in [7, 11) is -3.48. The second-order valence-corrected chi connectivity index (χ2v) is 6.67. The molecule has 20 heavy (non-hydrogen) atoms. The van der Waals surface area contributed by atoms with E-state index in [1.54, 1.807) is 13.0 Å². The molecule has 0 radical (unpaired) electrons. The molecule has 6 heteroatoms. The van der Waals surface area contributed by atoms with Gasteiger partial charge in [0.05, 0.1) is 17.2 Å². The molecule has 0 aromatic heterocycles. The molecule has 3 N–H and O–H groups in total. The molecule has 0 amide bonds. The Morgan fingerprint density at radius 1 is 1.35 bits per heavy atom. The molecule has 1 aromatic carbocycles. The van der Waals surface area contributed by atoms with E-state index in [1.807, 2.05) is 0 Å². The fraction of sp³-hybridized carbons (Fsp3) is 0.571. The second-order valence-electron chi connectivity index (χ2n) is 4.91. The minimum Gasteiger partial charge on any atom is -0.491 e. The van der Waals surface area contributed by atoms with Gasteiger partial charge in [-0.15, -0.1) is 0 Å². The van der Waals surface area contributed by atoms with Crippen molar-refractivity contribution in [1.29, 1.82) is 0 Å². The summed E-state index contributed by atoms with van der Waals surface area (Å²) in [5, 5.41) is 0. The van der Waals surface area contributed by atoms with Crippen LogP contribution in [0, 0.1) is 5.92 Å². The summed E-state index contributed by atoms with van der Waals surface area (Å²) >= 11 is 0. The van der Waals surface area contributed by atoms with Crippen LogP contribution in [0.4, 0.5) is 5.69 Å². The first-order valence-corrected chi connectivity index (χ1v) is 8.41. The number of hydrogen-bond acceptors (Lipinski definition) is 4. The molecule has 1 atom stereocenters. The number of nitrogens with two attached hydrogens (primary N) is 1. The standard InChI is InChI=1S/C14H24N2O3S/c1-4-6-11(3)10-19-14-9-12(7-8-13(14)15)20(17,18)16-5-2/h7-9,11,16H,4-6,10,15H2,1-3H3. The number of anilines is 1. The molecule has 5 nitrogen and oxygen atoms in total. The molecule has 0 fully saturated rings. The summed E-state index contributed by atoms with van der Waals surface area (Å²) in [6.45, 7) is 6.82. The average Bonchev–Trinajstić information content (AvgIpc) is 2.37. The van der Waals surface area contributed by atoms with Crippen LogP contribution in [0.15, 0.2) is 23.1 Å². The topological polar surface area (TPSA) is 81.4 Å². The fourth-order valence-corrected chi connectivity index (χ4v) is 2.94. The summed E-state index contributed by atoms with van der Waals surface area (Å²) in [5.41, 5.74) is 6.27. The van der Waals surface area contributed by atoms with Crippen LogP contribution in [0.3, 0.4) is 0 Å². The van der Waals surface area contributed by atoms with E-state index in [0.29, 0.717) is 30.5 Å². The maximum Gasteiger partial charge on any atom is 0.240 e. The molecule has 1 aromatic rings. The van der Waals surface area contributed by atoms with Gasteiger partial charge in [0.1, 0.15) is 5.75 Å². The first-order valence-electron chi connectivity index (χ1n) is 6.92. The van der Waals surface area contributed by atoms with Gasteiger partial charge in [-0.2, -0.15) is 0 Å². The van der Waals surface area contributed by atoms with E-state index in [0.717, 1.165) is 12.8 Å². The van der Waals surface area contributed by atoms with Crippen LogP contribution in [-0.4, -0.2) is 21.6 Å². The van der Waals surface area contributed by atoms with E-state index < -0.39 is 10.0 Å². The summed E-state index contributed by atoms with van der Waals surface area (Å²) in [6, 6.07) is 4.52. The SMILES string of the molecule is CCCC(C)COc1cc(S(=O)(=O)NCC)ccc1N. The molecule has 0 aliphatic heterocycles. The summed E-state index contributed by atoms with van der Waals surface area (Å²) in [6.07, 6.45) is 2.16. The number of nitrogen functional groups attached to an aromatic ring is 1. The van der Waals surface area contributed by atoms with E-state index in [4.69, 9.17) is 10.5 Å². The molecule has 0 spiro atoms. The van der Waals surface area contributed by atoms with Gasteiger partial charge in [0, 0.05) is 12.6 Å². The fourth-order valence-electron chi connectivity index (χ4n) is 1.89.